The van der Waals surface area contributed by atoms with Crippen LogP contribution in [0, 0.1) is 19.3 Å². The van der Waals surface area contributed by atoms with Gasteiger partial charge in [-0.2, -0.15) is 13.2 Å². The maximum atomic E-state index is 13.3. The Labute approximate surface area is 200 Å². The molecule has 1 aromatic carbocycles. The van der Waals surface area contributed by atoms with Crippen LogP contribution in [0.4, 0.5) is 13.2 Å². The van der Waals surface area contributed by atoms with Crippen LogP contribution in [-0.4, -0.2) is 65.0 Å². The van der Waals surface area contributed by atoms with Gasteiger partial charge in [0.05, 0.1) is 5.69 Å². The third-order valence-corrected chi connectivity index (χ3v) is 7.02. The third-order valence-electron chi connectivity index (χ3n) is 7.02. The van der Waals surface area contributed by atoms with Gasteiger partial charge >= 0.3 is 12.1 Å². The minimum Gasteiger partial charge on any atom is -0.361 e. The minimum atomic E-state index is -5.10. The van der Waals surface area contributed by atoms with Crippen LogP contribution in [0.25, 0.3) is 0 Å². The summed E-state index contributed by atoms with van der Waals surface area (Å²) in [5.41, 5.74) is 1.07. The van der Waals surface area contributed by atoms with Crippen LogP contribution in [0.15, 0.2) is 34.9 Å². The molecular weight excluding hydrogens is 465 g/mol. The maximum Gasteiger partial charge on any atom is 0.471 e. The molecule has 35 heavy (non-hydrogen) atoms. The zero-order valence-electron chi connectivity index (χ0n) is 19.5. The Morgan fingerprint density at radius 1 is 1.03 bits per heavy atom. The molecule has 1 aromatic heterocycles. The van der Waals surface area contributed by atoms with Gasteiger partial charge in [-0.25, -0.2) is 0 Å². The number of hydrogen-bond donors (Lipinski definition) is 1. The summed E-state index contributed by atoms with van der Waals surface area (Å²) in [4.78, 5) is 41.2. The maximum absolute atomic E-state index is 13.3. The van der Waals surface area contributed by atoms with Crippen LogP contribution in [0.5, 0.6) is 0 Å². The van der Waals surface area contributed by atoms with Gasteiger partial charge in [0.15, 0.2) is 0 Å². The van der Waals surface area contributed by atoms with E-state index in [1.807, 2.05) is 5.32 Å². The summed E-state index contributed by atoms with van der Waals surface area (Å²) >= 11 is 0. The molecule has 1 atom stereocenters. The van der Waals surface area contributed by atoms with E-state index in [4.69, 9.17) is 4.52 Å². The fourth-order valence-corrected chi connectivity index (χ4v) is 4.99. The quantitative estimate of drug-likeness (QED) is 0.708. The number of carbonyl (C=O) groups excluding carboxylic acids is 3. The van der Waals surface area contributed by atoms with Crippen molar-refractivity contribution in [1.29, 1.82) is 0 Å². The fourth-order valence-electron chi connectivity index (χ4n) is 4.99. The summed E-state index contributed by atoms with van der Waals surface area (Å²) in [5.74, 6) is -2.39. The van der Waals surface area contributed by atoms with E-state index in [1.54, 1.807) is 36.9 Å². The van der Waals surface area contributed by atoms with Crippen LogP contribution in [0.1, 0.15) is 52.7 Å². The number of hydrogen-bond acceptors (Lipinski definition) is 5. The summed E-state index contributed by atoms with van der Waals surface area (Å²) < 4.78 is 43.9. The summed E-state index contributed by atoms with van der Waals surface area (Å²) in [7, 11) is 0. The van der Waals surface area contributed by atoms with Gasteiger partial charge in [0, 0.05) is 26.2 Å². The molecule has 8 nitrogen and oxygen atoms in total. The smallest absolute Gasteiger partial charge is 0.361 e. The molecule has 0 unspecified atom stereocenters. The number of carbonyl (C=O) groups is 3. The predicted molar refractivity (Wildman–Crippen MR) is 118 cm³/mol. The molecule has 1 spiro atoms. The highest BCUT2D eigenvalue weighted by Crippen LogP contribution is 2.41. The van der Waals surface area contributed by atoms with Gasteiger partial charge in [-0.1, -0.05) is 35.5 Å². The number of likely N-dealkylation sites (tertiary alicyclic amines) is 2. The van der Waals surface area contributed by atoms with Gasteiger partial charge in [-0.15, -0.1) is 0 Å². The SMILES string of the molecule is Cc1noc(C)c1C(=O)N1CCC2(CC1)CCN(C(=O)[C@@H](NC(=O)C(F)(F)F)c1ccccc1)C2. The minimum absolute atomic E-state index is 0.138. The molecule has 0 saturated carbocycles. The number of halogens is 3. The van der Waals surface area contributed by atoms with E-state index in [1.165, 1.54) is 17.0 Å². The van der Waals surface area contributed by atoms with Crippen molar-refractivity contribution in [3.8, 4) is 0 Å². The number of amides is 3. The Morgan fingerprint density at radius 3 is 2.17 bits per heavy atom. The molecule has 0 radical (unpaired) electrons. The van der Waals surface area contributed by atoms with Crippen LogP contribution in [0.2, 0.25) is 0 Å². The summed E-state index contributed by atoms with van der Waals surface area (Å²) in [6.45, 7) is 5.15. The van der Waals surface area contributed by atoms with Crippen molar-refractivity contribution in [3.05, 3.63) is 52.9 Å². The lowest BCUT2D eigenvalue weighted by Gasteiger charge is -2.39. The lowest BCUT2D eigenvalue weighted by atomic mass is 9.77. The van der Waals surface area contributed by atoms with E-state index in [-0.39, 0.29) is 16.9 Å². The highest BCUT2D eigenvalue weighted by atomic mass is 19.4. The molecule has 1 N–H and O–H groups in total. The molecule has 4 rings (SSSR count). The lowest BCUT2D eigenvalue weighted by molar-refractivity contribution is -0.175. The summed E-state index contributed by atoms with van der Waals surface area (Å²) in [5, 5.41) is 5.71. The number of rotatable bonds is 4. The van der Waals surface area contributed by atoms with Gasteiger partial charge in [0.2, 0.25) is 5.91 Å². The average molecular weight is 492 g/mol. The number of aromatic nitrogens is 1. The van der Waals surface area contributed by atoms with Crippen molar-refractivity contribution in [1.82, 2.24) is 20.3 Å². The van der Waals surface area contributed by atoms with Crippen LogP contribution in [0.3, 0.4) is 0 Å². The number of nitrogens with one attached hydrogen (secondary N) is 1. The topological polar surface area (TPSA) is 95.8 Å². The van der Waals surface area contributed by atoms with Gasteiger partial charge < -0.3 is 19.6 Å². The Bertz CT molecular complexity index is 1090. The first-order chi connectivity index (χ1) is 16.5. The van der Waals surface area contributed by atoms with Crippen molar-refractivity contribution >= 4 is 17.7 Å². The van der Waals surface area contributed by atoms with Crippen molar-refractivity contribution in [2.45, 2.75) is 45.3 Å². The zero-order valence-corrected chi connectivity index (χ0v) is 19.5. The van der Waals surface area contributed by atoms with Gasteiger partial charge in [-0.3, -0.25) is 14.4 Å². The van der Waals surface area contributed by atoms with Crippen LogP contribution < -0.4 is 5.32 Å². The summed E-state index contributed by atoms with van der Waals surface area (Å²) in [6, 6.07) is 6.49. The lowest BCUT2D eigenvalue weighted by Crippen LogP contribution is -2.48. The molecule has 2 saturated heterocycles. The second-order valence-corrected chi connectivity index (χ2v) is 9.32. The molecule has 2 fully saturated rings. The number of benzene rings is 1. The van der Waals surface area contributed by atoms with Gasteiger partial charge in [0.25, 0.3) is 5.91 Å². The van der Waals surface area contributed by atoms with E-state index in [0.717, 1.165) is 0 Å². The normalized spacial score (nSPS) is 18.5. The molecule has 3 heterocycles. The molecule has 2 aromatic rings. The fraction of sp³-hybridized carbons (Fsp3) is 0.500. The predicted octanol–water partition coefficient (Wildman–Crippen LogP) is 3.17. The standard InChI is InChI=1S/C24H27F3N4O4/c1-15-18(16(2)35-29-15)20(32)30-11-8-23(9-12-30)10-13-31(14-23)21(33)19(17-6-4-3-5-7-17)28-22(34)24(25,26)27/h3-7,19H,8-14H2,1-2H3,(H,28,34)/t19-/m0/s1. The van der Waals surface area contributed by atoms with E-state index in [9.17, 15) is 27.6 Å². The Hall–Kier alpha value is -3.37. The molecular formula is C24H27F3N4O4. The first-order valence-electron chi connectivity index (χ1n) is 11.4. The largest absolute Gasteiger partial charge is 0.471 e. The first kappa shape index (κ1) is 24.7. The molecule has 2 aliphatic heterocycles. The van der Waals surface area contributed by atoms with Gasteiger partial charge in [0.1, 0.15) is 17.4 Å². The molecule has 0 bridgehead atoms. The average Bonchev–Trinajstić information content (AvgIpc) is 3.39. The van der Waals surface area contributed by atoms with Crippen LogP contribution >= 0.6 is 0 Å². The van der Waals surface area contributed by atoms with Crippen LogP contribution in [-0.2, 0) is 9.59 Å². The van der Waals surface area contributed by atoms with Crippen molar-refractivity contribution in [2.24, 2.45) is 5.41 Å². The Morgan fingerprint density at radius 2 is 1.63 bits per heavy atom. The molecule has 11 heteroatoms. The first-order valence-corrected chi connectivity index (χ1v) is 11.4. The molecule has 2 aliphatic rings. The second kappa shape index (κ2) is 9.35. The Kier molecular flexibility index (Phi) is 6.61. The highest BCUT2D eigenvalue weighted by molar-refractivity contribution is 5.96. The van der Waals surface area contributed by atoms with E-state index >= 15 is 0 Å². The Balaban J connectivity index is 1.43. The number of nitrogens with zero attached hydrogens (tertiary/aromatic N) is 3. The monoisotopic (exact) mass is 492 g/mol. The van der Waals surface area contributed by atoms with E-state index < -0.39 is 24.0 Å². The third kappa shape index (κ3) is 5.03. The molecule has 3 amide bonds. The number of aryl methyl sites for hydroxylation is 2. The number of piperidine rings is 1. The highest BCUT2D eigenvalue weighted by Gasteiger charge is 2.46. The second-order valence-electron chi connectivity index (χ2n) is 9.32. The van der Waals surface area contributed by atoms with Crippen molar-refractivity contribution < 1.29 is 32.1 Å². The molecule has 0 aliphatic carbocycles. The molecule has 188 valence electrons. The zero-order chi connectivity index (χ0) is 25.4. The van der Waals surface area contributed by atoms with Gasteiger partial charge in [-0.05, 0) is 44.1 Å². The van der Waals surface area contributed by atoms with E-state index in [0.29, 0.717) is 62.5 Å². The number of alkyl halides is 3. The van der Waals surface area contributed by atoms with Crippen molar-refractivity contribution in [3.63, 3.8) is 0 Å². The van der Waals surface area contributed by atoms with E-state index in [2.05, 4.69) is 5.16 Å². The van der Waals surface area contributed by atoms with Crippen molar-refractivity contribution in [2.75, 3.05) is 26.2 Å². The summed E-state index contributed by atoms with van der Waals surface area (Å²) in [6.07, 6.45) is -3.09.